The first-order valence-corrected chi connectivity index (χ1v) is 8.76. The Kier molecular flexibility index (Phi) is 28.9. The summed E-state index contributed by atoms with van der Waals surface area (Å²) in [4.78, 5) is 103. The fourth-order valence-corrected chi connectivity index (χ4v) is 0. The van der Waals surface area contributed by atoms with Crippen molar-refractivity contribution in [2.24, 2.45) is 0 Å². The summed E-state index contributed by atoms with van der Waals surface area (Å²) in [6.07, 6.45) is 0. The molecule has 0 saturated heterocycles. The molecule has 0 rings (SSSR count). The molecule has 0 radical (unpaired) electrons. The minimum Gasteiger partial charge on any atom is -0.822 e. The zero-order chi connectivity index (χ0) is 18.0. The van der Waals surface area contributed by atoms with Gasteiger partial charge in [0.05, 0.1) is 0 Å². The topological polar surface area (TPSA) is 345 Å². The molecule has 0 atom stereocenters. The quantitative estimate of drug-likeness (QED) is 0.172. The van der Waals surface area contributed by atoms with Crippen molar-refractivity contribution in [3.8, 4) is 0 Å². The van der Waals surface area contributed by atoms with Crippen LogP contribution in [-0.4, -0.2) is 0 Å². The summed E-state index contributed by atoms with van der Waals surface area (Å²) in [6.45, 7) is 0. The molecule has 22 heavy (non-hydrogen) atoms. The van der Waals surface area contributed by atoms with Gasteiger partial charge in [0.25, 0.3) is 0 Å². The first-order valence-electron chi connectivity index (χ1n) is 2.92. The summed E-state index contributed by atoms with van der Waals surface area (Å²) < 4.78 is 34.2. The second kappa shape index (κ2) is 16.3. The van der Waals surface area contributed by atoms with Crippen molar-refractivity contribution in [3.05, 3.63) is 0 Å². The summed E-state index contributed by atoms with van der Waals surface area (Å²) in [5, 5.41) is 0. The zero-order valence-electron chi connectivity index (χ0n) is 9.14. The second-order valence-electron chi connectivity index (χ2n) is 1.79. The van der Waals surface area contributed by atoms with Gasteiger partial charge >= 0.3 is 42.1 Å². The average Bonchev–Trinajstić information content (AvgIpc) is 1.62. The van der Waals surface area contributed by atoms with Gasteiger partial charge in [-0.25, -0.2) is 0 Å². The fourth-order valence-electron chi connectivity index (χ4n) is 0. The van der Waals surface area contributed by atoms with Crippen LogP contribution in [0.5, 0.6) is 0 Å². The third-order valence-electron chi connectivity index (χ3n) is 0. The first-order chi connectivity index (χ1) is 8.00. The minimum atomic E-state index is -5.39. The molecule has 0 N–H and O–H groups in total. The van der Waals surface area contributed by atoms with Crippen LogP contribution >= 0.6 is 31.3 Å². The number of hydrogen-bond donors (Lipinski definition) is 0. The minimum absolute atomic E-state index is 0. The van der Waals surface area contributed by atoms with E-state index in [1.807, 2.05) is 0 Å². The van der Waals surface area contributed by atoms with E-state index in [1.54, 1.807) is 0 Å². The van der Waals surface area contributed by atoms with Crippen LogP contribution in [0.2, 0.25) is 0 Å². The van der Waals surface area contributed by atoms with Gasteiger partial charge in [0.15, 0.2) is 0 Å². The molecule has 0 aromatic rings. The molecule has 0 bridgehead atoms. The maximum Gasteiger partial charge on any atom is 6.00 e. The Morgan fingerprint density at radius 2 is 0.364 bits per heavy atom. The SMILES string of the molecule is O=P([O-])([O-])[O-].O=P([O-])([O-])[O-].O=P([O-])([O-])[O-].O=P([O-])([O-])[O-].[Mo+6].[W+6]. The maximum absolute atomic E-state index is 8.55. The van der Waals surface area contributed by atoms with Gasteiger partial charge in [-0.05, 0) is 0 Å². The summed E-state index contributed by atoms with van der Waals surface area (Å²) in [5.74, 6) is 0. The Labute approximate surface area is 150 Å². The van der Waals surface area contributed by atoms with E-state index in [0.717, 1.165) is 0 Å². The van der Waals surface area contributed by atoms with Crippen molar-refractivity contribution in [2.75, 3.05) is 0 Å². The van der Waals surface area contributed by atoms with Crippen molar-refractivity contribution in [3.63, 3.8) is 0 Å². The number of rotatable bonds is 0. The molecule has 0 fully saturated rings. The molecule has 0 aliphatic heterocycles. The Morgan fingerprint density at radius 1 is 0.364 bits per heavy atom. The van der Waals surface area contributed by atoms with Crippen LogP contribution in [0.15, 0.2) is 0 Å². The van der Waals surface area contributed by atoms with Crippen LogP contribution < -0.4 is 58.7 Å². The molecule has 0 aliphatic rings. The third-order valence-corrected chi connectivity index (χ3v) is 0. The van der Waals surface area contributed by atoms with Gasteiger partial charge in [-0.1, -0.05) is 0 Å². The molecule has 0 heterocycles. The Bertz CT molecular complexity index is 291. The molecule has 0 aromatic carbocycles. The van der Waals surface area contributed by atoms with E-state index in [0.29, 0.717) is 0 Å². The normalized spacial score (nSPS) is 10.7. The number of phosphoric acid groups is 4. The monoisotopic (exact) mass is 662 g/mol. The van der Waals surface area contributed by atoms with Gasteiger partial charge < -0.3 is 77.0 Å². The van der Waals surface area contributed by atoms with E-state index in [9.17, 15) is 0 Å². The van der Waals surface area contributed by atoms with Crippen molar-refractivity contribution >= 4 is 31.3 Å². The van der Waals surface area contributed by atoms with E-state index >= 15 is 0 Å². The van der Waals surface area contributed by atoms with Gasteiger partial charge in [0.2, 0.25) is 0 Å². The van der Waals surface area contributed by atoms with E-state index in [-0.39, 0.29) is 42.1 Å². The second-order valence-corrected chi connectivity index (χ2v) is 5.37. The van der Waals surface area contributed by atoms with E-state index in [4.69, 9.17) is 77.0 Å². The summed E-state index contributed by atoms with van der Waals surface area (Å²) in [6, 6.07) is 0. The van der Waals surface area contributed by atoms with Crippen molar-refractivity contribution < 1.29 is 119 Å². The van der Waals surface area contributed by atoms with Crippen LogP contribution in [0.1, 0.15) is 0 Å². The predicted molar refractivity (Wildman–Crippen MR) is 30.4 cm³/mol. The molecule has 0 aromatic heterocycles. The Morgan fingerprint density at radius 3 is 0.364 bits per heavy atom. The Hall–Kier alpha value is 1.82. The smallest absolute Gasteiger partial charge is 0.822 e. The molecule has 0 amide bonds. The molecule has 0 aliphatic carbocycles. The van der Waals surface area contributed by atoms with Gasteiger partial charge in [0, 0.05) is 0 Å². The molecular weight excluding hydrogens is 660 g/mol. The third kappa shape index (κ3) is 2860. The van der Waals surface area contributed by atoms with Gasteiger partial charge in [-0.2, -0.15) is 31.3 Å². The van der Waals surface area contributed by atoms with Gasteiger partial charge in [-0.15, -0.1) is 0 Å². The van der Waals surface area contributed by atoms with Gasteiger partial charge in [-0.3, -0.25) is 0 Å². The summed E-state index contributed by atoms with van der Waals surface area (Å²) in [7, 11) is -21.6. The molecule has 22 heteroatoms. The standard InChI is InChI=1S/Mo.4H3O4P.W/c;4*1-5(2,3)4;/h;4*(H3,1,2,3,4);/q+6;;;;;+6/p-12. The van der Waals surface area contributed by atoms with Crippen LogP contribution in [0, 0.1) is 0 Å². The van der Waals surface area contributed by atoms with Gasteiger partial charge in [0.1, 0.15) is 0 Å². The maximum atomic E-state index is 8.55. The molecule has 0 saturated carbocycles. The molecule has 0 unspecified atom stereocenters. The first kappa shape index (κ1) is 39.1. The van der Waals surface area contributed by atoms with Crippen LogP contribution in [-0.2, 0) is 60.4 Å². The molecule has 16 nitrogen and oxygen atoms in total. The summed E-state index contributed by atoms with van der Waals surface area (Å²) in [5.41, 5.74) is 0. The number of hydrogen-bond acceptors (Lipinski definition) is 16. The summed E-state index contributed by atoms with van der Waals surface area (Å²) >= 11 is 0. The fraction of sp³-hybridized carbons (Fsp3) is 0. The molecular formula is MoO16P4W. The molecule has 128 valence electrons. The van der Waals surface area contributed by atoms with E-state index in [2.05, 4.69) is 0 Å². The predicted octanol–water partition coefficient (Wildman–Crippen LogP) is -11.3. The largest absolute Gasteiger partial charge is 6.00 e. The Balaban J connectivity index is -0.0000000376. The zero-order valence-corrected chi connectivity index (χ0v) is 17.7. The van der Waals surface area contributed by atoms with Crippen molar-refractivity contribution in [2.45, 2.75) is 0 Å². The van der Waals surface area contributed by atoms with Crippen molar-refractivity contribution in [1.29, 1.82) is 0 Å². The molecule has 0 spiro atoms. The average molecular weight is 660 g/mol. The van der Waals surface area contributed by atoms with Crippen LogP contribution in [0.3, 0.4) is 0 Å². The van der Waals surface area contributed by atoms with Crippen LogP contribution in [0.25, 0.3) is 0 Å². The van der Waals surface area contributed by atoms with E-state index < -0.39 is 31.3 Å². The van der Waals surface area contributed by atoms with E-state index in [1.165, 1.54) is 0 Å². The van der Waals surface area contributed by atoms with Crippen molar-refractivity contribution in [1.82, 2.24) is 0 Å². The van der Waals surface area contributed by atoms with Crippen LogP contribution in [0.4, 0.5) is 0 Å².